The van der Waals surface area contributed by atoms with E-state index in [4.69, 9.17) is 0 Å². The van der Waals surface area contributed by atoms with E-state index in [1.54, 1.807) is 0 Å². The van der Waals surface area contributed by atoms with Crippen molar-refractivity contribution in [3.8, 4) is 0 Å². The number of imidazole rings is 1. The molecule has 0 bridgehead atoms. The molecule has 0 saturated heterocycles. The summed E-state index contributed by atoms with van der Waals surface area (Å²) in [7, 11) is 4.09. The van der Waals surface area contributed by atoms with Gasteiger partial charge in [0.2, 0.25) is 0 Å². The highest BCUT2D eigenvalue weighted by Crippen LogP contribution is 2.29. The van der Waals surface area contributed by atoms with Gasteiger partial charge in [-0.1, -0.05) is 13.3 Å². The molecule has 0 radical (unpaired) electrons. The highest BCUT2D eigenvalue weighted by molar-refractivity contribution is 5.81. The fraction of sp³-hybridized carbons (Fsp3) is 0.733. The van der Waals surface area contributed by atoms with Gasteiger partial charge in [-0.15, -0.1) is 0 Å². The highest BCUT2D eigenvalue weighted by Gasteiger charge is 2.28. The van der Waals surface area contributed by atoms with Gasteiger partial charge in [-0.05, 0) is 25.8 Å². The van der Waals surface area contributed by atoms with E-state index >= 15 is 0 Å². The summed E-state index contributed by atoms with van der Waals surface area (Å²) in [4.78, 5) is 18.6. The van der Waals surface area contributed by atoms with Crippen molar-refractivity contribution in [3.05, 3.63) is 18.2 Å². The summed E-state index contributed by atoms with van der Waals surface area (Å²) in [5, 5.41) is 0. The van der Waals surface area contributed by atoms with Crippen LogP contribution in [0.5, 0.6) is 0 Å². The van der Waals surface area contributed by atoms with Crippen LogP contribution in [0.15, 0.2) is 12.4 Å². The Morgan fingerprint density at radius 1 is 1.53 bits per heavy atom. The molecule has 0 N–H and O–H groups in total. The van der Waals surface area contributed by atoms with E-state index < -0.39 is 0 Å². The lowest BCUT2D eigenvalue weighted by atomic mass is 9.79. The number of hydrogen-bond acceptors (Lipinski definition) is 3. The smallest absolute Gasteiger partial charge is 0.137 e. The average molecular weight is 263 g/mol. The molecule has 0 amide bonds. The topological polar surface area (TPSA) is 38.1 Å². The fourth-order valence-electron chi connectivity index (χ4n) is 2.98. The van der Waals surface area contributed by atoms with Gasteiger partial charge in [0.1, 0.15) is 11.6 Å². The highest BCUT2D eigenvalue weighted by atomic mass is 16.1. The first kappa shape index (κ1) is 14.3. The van der Waals surface area contributed by atoms with Crippen LogP contribution in [0, 0.1) is 11.8 Å². The van der Waals surface area contributed by atoms with E-state index in [0.717, 1.165) is 44.1 Å². The van der Waals surface area contributed by atoms with Crippen LogP contribution < -0.4 is 0 Å². The lowest BCUT2D eigenvalue weighted by Gasteiger charge is -2.30. The van der Waals surface area contributed by atoms with Gasteiger partial charge >= 0.3 is 0 Å². The third kappa shape index (κ3) is 3.66. The quantitative estimate of drug-likeness (QED) is 0.818. The van der Waals surface area contributed by atoms with Crippen LogP contribution in [0.3, 0.4) is 0 Å². The van der Waals surface area contributed by atoms with Gasteiger partial charge in [0, 0.05) is 38.3 Å². The summed E-state index contributed by atoms with van der Waals surface area (Å²) < 4.78 is 2.04. The molecule has 4 nitrogen and oxygen atoms in total. The molecule has 1 aliphatic carbocycles. The SMILES string of the molecule is CCC1CCC(=O)C(CN(C)Cc2nccn2C)C1. The number of ketones is 1. The molecule has 19 heavy (non-hydrogen) atoms. The maximum Gasteiger partial charge on any atom is 0.137 e. The number of nitrogens with zero attached hydrogens (tertiary/aromatic N) is 3. The first-order valence-corrected chi connectivity index (χ1v) is 7.27. The van der Waals surface area contributed by atoms with Gasteiger partial charge < -0.3 is 4.57 Å². The molecule has 1 fully saturated rings. The van der Waals surface area contributed by atoms with Crippen molar-refractivity contribution in [2.75, 3.05) is 13.6 Å². The minimum atomic E-state index is 0.226. The Hall–Kier alpha value is -1.16. The van der Waals surface area contributed by atoms with Gasteiger partial charge in [0.15, 0.2) is 0 Å². The van der Waals surface area contributed by atoms with Crippen LogP contribution in [0.4, 0.5) is 0 Å². The monoisotopic (exact) mass is 263 g/mol. The van der Waals surface area contributed by atoms with Crippen LogP contribution in [0.1, 0.15) is 38.4 Å². The van der Waals surface area contributed by atoms with Crippen LogP contribution in [0.2, 0.25) is 0 Å². The zero-order chi connectivity index (χ0) is 13.8. The number of aryl methyl sites for hydroxylation is 1. The van der Waals surface area contributed by atoms with Crippen molar-refractivity contribution in [1.82, 2.24) is 14.5 Å². The Morgan fingerprint density at radius 3 is 2.95 bits per heavy atom. The summed E-state index contributed by atoms with van der Waals surface area (Å²) in [5.74, 6) is 2.47. The summed E-state index contributed by atoms with van der Waals surface area (Å²) in [6.07, 6.45) is 7.92. The van der Waals surface area contributed by atoms with E-state index in [0.29, 0.717) is 5.78 Å². The molecule has 0 aliphatic heterocycles. The summed E-state index contributed by atoms with van der Waals surface area (Å²) >= 11 is 0. The minimum Gasteiger partial charge on any atom is -0.337 e. The van der Waals surface area contributed by atoms with Crippen molar-refractivity contribution in [3.63, 3.8) is 0 Å². The normalized spacial score (nSPS) is 24.1. The molecular weight excluding hydrogens is 238 g/mol. The zero-order valence-corrected chi connectivity index (χ0v) is 12.3. The third-order valence-electron chi connectivity index (χ3n) is 4.31. The molecule has 2 atom stereocenters. The number of carbonyl (C=O) groups is 1. The largest absolute Gasteiger partial charge is 0.337 e. The van der Waals surface area contributed by atoms with E-state index in [9.17, 15) is 4.79 Å². The van der Waals surface area contributed by atoms with E-state index in [-0.39, 0.29) is 5.92 Å². The molecule has 1 aromatic rings. The summed E-state index contributed by atoms with van der Waals surface area (Å²) in [5.41, 5.74) is 0. The Bertz CT molecular complexity index is 427. The fourth-order valence-corrected chi connectivity index (χ4v) is 2.98. The van der Waals surface area contributed by atoms with E-state index in [1.807, 2.05) is 24.0 Å². The summed E-state index contributed by atoms with van der Waals surface area (Å²) in [6.45, 7) is 3.90. The number of aromatic nitrogens is 2. The van der Waals surface area contributed by atoms with Crippen LogP contribution in [-0.4, -0.2) is 33.8 Å². The maximum absolute atomic E-state index is 12.0. The van der Waals surface area contributed by atoms with Crippen molar-refractivity contribution < 1.29 is 4.79 Å². The Morgan fingerprint density at radius 2 is 2.32 bits per heavy atom. The second-order valence-electron chi connectivity index (χ2n) is 5.86. The van der Waals surface area contributed by atoms with Gasteiger partial charge in [-0.2, -0.15) is 0 Å². The van der Waals surface area contributed by atoms with Crippen molar-refractivity contribution in [1.29, 1.82) is 0 Å². The van der Waals surface area contributed by atoms with Crippen LogP contribution in [0.25, 0.3) is 0 Å². The molecule has 1 aromatic heterocycles. The lowest BCUT2D eigenvalue weighted by molar-refractivity contribution is -0.126. The van der Waals surface area contributed by atoms with E-state index in [1.165, 1.54) is 6.42 Å². The molecule has 1 saturated carbocycles. The lowest BCUT2D eigenvalue weighted by Crippen LogP contribution is -2.34. The predicted molar refractivity (Wildman–Crippen MR) is 75.7 cm³/mol. The first-order chi connectivity index (χ1) is 9.10. The second-order valence-corrected chi connectivity index (χ2v) is 5.86. The number of hydrogen-bond donors (Lipinski definition) is 0. The molecule has 106 valence electrons. The second kappa shape index (κ2) is 6.33. The Kier molecular flexibility index (Phi) is 4.75. The minimum absolute atomic E-state index is 0.226. The van der Waals surface area contributed by atoms with Crippen molar-refractivity contribution >= 4 is 5.78 Å². The molecule has 1 heterocycles. The number of Topliss-reactive ketones (excluding diaryl/α,β-unsaturated/α-hetero) is 1. The van der Waals surface area contributed by atoms with Gasteiger partial charge in [0.25, 0.3) is 0 Å². The third-order valence-corrected chi connectivity index (χ3v) is 4.31. The molecular formula is C15H25N3O. The molecule has 0 spiro atoms. The van der Waals surface area contributed by atoms with Gasteiger partial charge in [0.05, 0.1) is 6.54 Å². The number of rotatable bonds is 5. The van der Waals surface area contributed by atoms with Crippen molar-refractivity contribution in [2.24, 2.45) is 18.9 Å². The molecule has 1 aliphatic rings. The van der Waals surface area contributed by atoms with Crippen LogP contribution >= 0.6 is 0 Å². The number of carbonyl (C=O) groups excluding carboxylic acids is 1. The standard InChI is InChI=1S/C15H25N3O/c1-4-12-5-6-14(19)13(9-12)10-17(2)11-15-16-7-8-18(15)3/h7-8,12-13H,4-6,9-11H2,1-3H3. The maximum atomic E-state index is 12.0. The summed E-state index contributed by atoms with van der Waals surface area (Å²) in [6, 6.07) is 0. The van der Waals surface area contributed by atoms with E-state index in [2.05, 4.69) is 23.9 Å². The molecule has 4 heteroatoms. The average Bonchev–Trinajstić information content (AvgIpc) is 2.78. The van der Waals surface area contributed by atoms with Crippen molar-refractivity contribution in [2.45, 2.75) is 39.2 Å². The predicted octanol–water partition coefficient (Wildman–Crippen LogP) is 2.25. The van der Waals surface area contributed by atoms with Gasteiger partial charge in [-0.25, -0.2) is 4.98 Å². The van der Waals surface area contributed by atoms with Crippen LogP contribution in [-0.2, 0) is 18.4 Å². The molecule has 0 aromatic carbocycles. The Labute approximate surface area is 115 Å². The Balaban J connectivity index is 1.88. The first-order valence-electron chi connectivity index (χ1n) is 7.27. The molecule has 2 rings (SSSR count). The van der Waals surface area contributed by atoms with Gasteiger partial charge in [-0.3, -0.25) is 9.69 Å². The zero-order valence-electron chi connectivity index (χ0n) is 12.3. The molecule has 2 unspecified atom stereocenters.